The van der Waals surface area contributed by atoms with Crippen molar-refractivity contribution in [1.29, 1.82) is 0 Å². The highest BCUT2D eigenvalue weighted by molar-refractivity contribution is 5.21. The van der Waals surface area contributed by atoms with E-state index in [-0.39, 0.29) is 11.6 Å². The van der Waals surface area contributed by atoms with Crippen LogP contribution in [0.1, 0.15) is 38.3 Å². The molecule has 17 heavy (non-hydrogen) atoms. The van der Waals surface area contributed by atoms with E-state index in [9.17, 15) is 13.9 Å². The molecule has 0 saturated carbocycles. The number of aliphatic hydroxyl groups excluding tert-OH is 1. The molecule has 96 valence electrons. The van der Waals surface area contributed by atoms with Crippen molar-refractivity contribution in [3.05, 3.63) is 35.4 Å². The van der Waals surface area contributed by atoms with Crippen LogP contribution in [-0.4, -0.2) is 17.8 Å². The quantitative estimate of drug-likeness (QED) is 0.805. The highest BCUT2D eigenvalue weighted by Crippen LogP contribution is 2.18. The van der Waals surface area contributed by atoms with Gasteiger partial charge in [-0.3, -0.25) is 0 Å². The van der Waals surface area contributed by atoms with E-state index in [1.807, 2.05) is 6.92 Å². The molecule has 0 fully saturated rings. The number of nitrogens with one attached hydrogen (secondary N) is 1. The Morgan fingerprint density at radius 1 is 1.35 bits per heavy atom. The topological polar surface area (TPSA) is 32.3 Å². The van der Waals surface area contributed by atoms with Gasteiger partial charge in [-0.15, -0.1) is 0 Å². The molecule has 0 saturated heterocycles. The molecule has 1 rings (SSSR count). The van der Waals surface area contributed by atoms with Gasteiger partial charge in [0.05, 0.1) is 6.10 Å². The van der Waals surface area contributed by atoms with Crippen LogP contribution in [0.5, 0.6) is 0 Å². The molecule has 0 aliphatic carbocycles. The molecule has 0 aliphatic rings. The van der Waals surface area contributed by atoms with Gasteiger partial charge in [0.15, 0.2) is 11.6 Å². The summed E-state index contributed by atoms with van der Waals surface area (Å²) in [7, 11) is 0. The van der Waals surface area contributed by atoms with Crippen molar-refractivity contribution in [1.82, 2.24) is 5.32 Å². The Morgan fingerprint density at radius 2 is 2.06 bits per heavy atom. The van der Waals surface area contributed by atoms with Gasteiger partial charge < -0.3 is 10.4 Å². The summed E-state index contributed by atoms with van der Waals surface area (Å²) in [5.41, 5.74) is 0.286. The predicted octanol–water partition coefficient (Wildman–Crippen LogP) is 2.78. The van der Waals surface area contributed by atoms with E-state index in [1.54, 1.807) is 13.0 Å². The molecule has 0 heterocycles. The zero-order chi connectivity index (χ0) is 12.8. The van der Waals surface area contributed by atoms with E-state index in [0.717, 1.165) is 12.5 Å². The van der Waals surface area contributed by atoms with Gasteiger partial charge in [-0.25, -0.2) is 8.78 Å². The summed E-state index contributed by atoms with van der Waals surface area (Å²) in [6.07, 6.45) is 1.15. The van der Waals surface area contributed by atoms with Crippen LogP contribution in [-0.2, 0) is 0 Å². The Morgan fingerprint density at radius 3 is 2.71 bits per heavy atom. The zero-order valence-electron chi connectivity index (χ0n) is 10.2. The summed E-state index contributed by atoms with van der Waals surface area (Å²) in [5, 5.41) is 12.5. The molecule has 1 aromatic carbocycles. The van der Waals surface area contributed by atoms with Crippen LogP contribution in [0.4, 0.5) is 8.78 Å². The first-order chi connectivity index (χ1) is 8.06. The minimum atomic E-state index is -0.842. The third-order valence-electron chi connectivity index (χ3n) is 2.73. The number of hydrogen-bond acceptors (Lipinski definition) is 2. The van der Waals surface area contributed by atoms with Crippen LogP contribution < -0.4 is 5.32 Å². The van der Waals surface area contributed by atoms with Gasteiger partial charge in [-0.05, 0) is 19.4 Å². The molecule has 4 heteroatoms. The predicted molar refractivity (Wildman–Crippen MR) is 63.7 cm³/mol. The molecule has 0 aromatic heterocycles. The lowest BCUT2D eigenvalue weighted by atomic mass is 10.1. The Hall–Kier alpha value is -1.00. The molecule has 0 amide bonds. The van der Waals surface area contributed by atoms with Crippen molar-refractivity contribution in [3.8, 4) is 0 Å². The van der Waals surface area contributed by atoms with Gasteiger partial charge in [-0.2, -0.15) is 0 Å². The minimum absolute atomic E-state index is 0.286. The van der Waals surface area contributed by atoms with Crippen LogP contribution in [0.25, 0.3) is 0 Å². The van der Waals surface area contributed by atoms with Crippen molar-refractivity contribution >= 4 is 0 Å². The molecule has 0 aliphatic heterocycles. The number of rotatable bonds is 6. The SMILES string of the molecule is CCCC(O)CNC(C)c1cccc(F)c1F. The van der Waals surface area contributed by atoms with Crippen molar-refractivity contribution in [3.63, 3.8) is 0 Å². The zero-order valence-corrected chi connectivity index (χ0v) is 10.2. The third-order valence-corrected chi connectivity index (χ3v) is 2.73. The molecular weight excluding hydrogens is 224 g/mol. The fraction of sp³-hybridized carbons (Fsp3) is 0.538. The van der Waals surface area contributed by atoms with Crippen LogP contribution in [0.2, 0.25) is 0 Å². The maximum absolute atomic E-state index is 13.4. The highest BCUT2D eigenvalue weighted by Gasteiger charge is 2.14. The van der Waals surface area contributed by atoms with Gasteiger partial charge in [0.2, 0.25) is 0 Å². The lowest BCUT2D eigenvalue weighted by Gasteiger charge is -2.17. The second-order valence-corrected chi connectivity index (χ2v) is 4.22. The first-order valence-electron chi connectivity index (χ1n) is 5.91. The van der Waals surface area contributed by atoms with Gasteiger partial charge in [-0.1, -0.05) is 25.5 Å². The van der Waals surface area contributed by atoms with Crippen LogP contribution in [0.15, 0.2) is 18.2 Å². The molecule has 2 N–H and O–H groups in total. The smallest absolute Gasteiger partial charge is 0.163 e. The second kappa shape index (κ2) is 6.67. The summed E-state index contributed by atoms with van der Waals surface area (Å²) >= 11 is 0. The monoisotopic (exact) mass is 243 g/mol. The largest absolute Gasteiger partial charge is 0.392 e. The summed E-state index contributed by atoms with van der Waals surface area (Å²) in [6.45, 7) is 4.11. The average molecular weight is 243 g/mol. The van der Waals surface area contributed by atoms with Crippen LogP contribution in [0, 0.1) is 11.6 Å². The fourth-order valence-corrected chi connectivity index (χ4v) is 1.71. The van der Waals surface area contributed by atoms with E-state index in [2.05, 4.69) is 5.32 Å². The molecule has 1 aromatic rings. The van der Waals surface area contributed by atoms with Crippen molar-refractivity contribution in [2.45, 2.75) is 38.8 Å². The molecule has 2 atom stereocenters. The highest BCUT2D eigenvalue weighted by atomic mass is 19.2. The standard InChI is InChI=1S/C13H19F2NO/c1-3-5-10(17)8-16-9(2)11-6-4-7-12(14)13(11)15/h4,6-7,9-10,16-17H,3,5,8H2,1-2H3. The number of halogens is 2. The van der Waals surface area contributed by atoms with E-state index in [1.165, 1.54) is 6.07 Å². The second-order valence-electron chi connectivity index (χ2n) is 4.22. The molecular formula is C13H19F2NO. The first-order valence-corrected chi connectivity index (χ1v) is 5.91. The van der Waals surface area contributed by atoms with E-state index in [0.29, 0.717) is 13.0 Å². The van der Waals surface area contributed by atoms with Crippen LogP contribution >= 0.6 is 0 Å². The maximum Gasteiger partial charge on any atom is 0.163 e. The normalized spacial score (nSPS) is 14.6. The van der Waals surface area contributed by atoms with Gasteiger partial charge >= 0.3 is 0 Å². The molecule has 2 unspecified atom stereocenters. The van der Waals surface area contributed by atoms with Crippen molar-refractivity contribution < 1.29 is 13.9 Å². The lowest BCUT2D eigenvalue weighted by molar-refractivity contribution is 0.157. The van der Waals surface area contributed by atoms with Gasteiger partial charge in [0.25, 0.3) is 0 Å². The molecule has 0 radical (unpaired) electrons. The Kier molecular flexibility index (Phi) is 5.51. The summed E-state index contributed by atoms with van der Waals surface area (Å²) in [4.78, 5) is 0. The summed E-state index contributed by atoms with van der Waals surface area (Å²) in [5.74, 6) is -1.66. The molecule has 0 bridgehead atoms. The van der Waals surface area contributed by atoms with Gasteiger partial charge in [0.1, 0.15) is 0 Å². The van der Waals surface area contributed by atoms with Crippen molar-refractivity contribution in [2.24, 2.45) is 0 Å². The third kappa shape index (κ3) is 4.06. The Labute approximate surface area is 101 Å². The van der Waals surface area contributed by atoms with Gasteiger partial charge in [0, 0.05) is 18.2 Å². The van der Waals surface area contributed by atoms with E-state index >= 15 is 0 Å². The number of benzene rings is 1. The van der Waals surface area contributed by atoms with Crippen molar-refractivity contribution in [2.75, 3.05) is 6.54 Å². The Bertz CT molecular complexity index is 357. The maximum atomic E-state index is 13.4. The van der Waals surface area contributed by atoms with E-state index < -0.39 is 17.7 Å². The average Bonchev–Trinajstić information content (AvgIpc) is 2.30. The minimum Gasteiger partial charge on any atom is -0.392 e. The summed E-state index contributed by atoms with van der Waals surface area (Å²) in [6, 6.07) is 3.80. The molecule has 0 spiro atoms. The summed E-state index contributed by atoms with van der Waals surface area (Å²) < 4.78 is 26.5. The van der Waals surface area contributed by atoms with Crippen LogP contribution in [0.3, 0.4) is 0 Å². The Balaban J connectivity index is 2.58. The molecule has 2 nitrogen and oxygen atoms in total. The number of aliphatic hydroxyl groups is 1. The number of hydrogen-bond donors (Lipinski definition) is 2. The van der Waals surface area contributed by atoms with E-state index in [4.69, 9.17) is 0 Å². The lowest BCUT2D eigenvalue weighted by Crippen LogP contribution is -2.29. The first kappa shape index (κ1) is 14.1. The fourth-order valence-electron chi connectivity index (χ4n) is 1.71.